The molecule has 0 radical (unpaired) electrons. The van der Waals surface area contributed by atoms with E-state index in [0.29, 0.717) is 6.54 Å². The predicted molar refractivity (Wildman–Crippen MR) is 111 cm³/mol. The second kappa shape index (κ2) is 9.94. The van der Waals surface area contributed by atoms with Crippen LogP contribution in [0.2, 0.25) is 0 Å². The van der Waals surface area contributed by atoms with E-state index in [9.17, 15) is 13.6 Å². The van der Waals surface area contributed by atoms with Crippen molar-refractivity contribution in [3.8, 4) is 0 Å². The molecule has 1 heterocycles. The monoisotopic (exact) mass is 401 g/mol. The SMILES string of the molecule is CC[C@@H](C)NC(=O)CN1CCN(C(c2ccc(F)cc2)c2ccc(F)cc2)CC1. The normalized spacial score (nSPS) is 16.7. The van der Waals surface area contributed by atoms with Crippen LogP contribution in [0.25, 0.3) is 0 Å². The molecular weight excluding hydrogens is 372 g/mol. The molecule has 0 saturated carbocycles. The minimum Gasteiger partial charge on any atom is -0.353 e. The van der Waals surface area contributed by atoms with Gasteiger partial charge in [-0.25, -0.2) is 8.78 Å². The topological polar surface area (TPSA) is 35.6 Å². The largest absolute Gasteiger partial charge is 0.353 e. The zero-order valence-corrected chi connectivity index (χ0v) is 17.1. The molecule has 0 aromatic heterocycles. The Labute approximate surface area is 171 Å². The van der Waals surface area contributed by atoms with Gasteiger partial charge in [0.15, 0.2) is 0 Å². The van der Waals surface area contributed by atoms with E-state index in [0.717, 1.165) is 43.7 Å². The number of hydrogen-bond donors (Lipinski definition) is 1. The number of benzene rings is 2. The van der Waals surface area contributed by atoms with Crippen molar-refractivity contribution in [3.63, 3.8) is 0 Å². The first-order chi connectivity index (χ1) is 14.0. The highest BCUT2D eigenvalue weighted by molar-refractivity contribution is 5.78. The molecule has 4 nitrogen and oxygen atoms in total. The van der Waals surface area contributed by atoms with Gasteiger partial charge in [-0.15, -0.1) is 0 Å². The van der Waals surface area contributed by atoms with E-state index in [4.69, 9.17) is 0 Å². The lowest BCUT2D eigenvalue weighted by atomic mass is 9.96. The summed E-state index contributed by atoms with van der Waals surface area (Å²) in [5, 5.41) is 3.01. The first-order valence-electron chi connectivity index (χ1n) is 10.2. The molecule has 1 amide bonds. The standard InChI is InChI=1S/C23H29F2N3O/c1-3-17(2)26-22(29)16-27-12-14-28(15-13-27)23(18-4-8-20(24)9-5-18)19-6-10-21(25)11-7-19/h4-11,17,23H,3,12-16H2,1-2H3,(H,26,29)/t17-/m1/s1. The van der Waals surface area contributed by atoms with Crippen LogP contribution in [0.1, 0.15) is 37.4 Å². The van der Waals surface area contributed by atoms with E-state index in [1.807, 2.05) is 6.92 Å². The third-order valence-corrected chi connectivity index (χ3v) is 5.53. The summed E-state index contributed by atoms with van der Waals surface area (Å²) in [5.74, 6) is -0.492. The Morgan fingerprint density at radius 1 is 0.931 bits per heavy atom. The minimum absolute atomic E-state index is 0.0569. The van der Waals surface area contributed by atoms with Gasteiger partial charge in [-0.1, -0.05) is 31.2 Å². The Balaban J connectivity index is 1.69. The molecule has 0 spiro atoms. The first kappa shape index (κ1) is 21.4. The van der Waals surface area contributed by atoms with Crippen molar-refractivity contribution in [1.29, 1.82) is 0 Å². The maximum absolute atomic E-state index is 13.4. The molecular formula is C23H29F2N3O. The molecule has 156 valence electrons. The molecule has 1 N–H and O–H groups in total. The van der Waals surface area contributed by atoms with Gasteiger partial charge in [0.2, 0.25) is 5.91 Å². The number of rotatable bonds is 7. The van der Waals surface area contributed by atoms with Gasteiger partial charge in [0.05, 0.1) is 12.6 Å². The predicted octanol–water partition coefficient (Wildman–Crippen LogP) is 3.59. The van der Waals surface area contributed by atoms with Crippen LogP contribution >= 0.6 is 0 Å². The number of hydrogen-bond acceptors (Lipinski definition) is 3. The third kappa shape index (κ3) is 5.84. The molecule has 2 aromatic carbocycles. The van der Waals surface area contributed by atoms with E-state index >= 15 is 0 Å². The highest BCUT2D eigenvalue weighted by atomic mass is 19.1. The Kier molecular flexibility index (Phi) is 7.34. The van der Waals surface area contributed by atoms with Crippen LogP contribution in [0.3, 0.4) is 0 Å². The van der Waals surface area contributed by atoms with Crippen molar-refractivity contribution in [2.45, 2.75) is 32.4 Å². The average Bonchev–Trinajstić information content (AvgIpc) is 2.72. The van der Waals surface area contributed by atoms with Crippen molar-refractivity contribution >= 4 is 5.91 Å². The molecule has 3 rings (SSSR count). The second-order valence-corrected chi connectivity index (χ2v) is 7.69. The Morgan fingerprint density at radius 2 is 1.41 bits per heavy atom. The van der Waals surface area contributed by atoms with Crippen LogP contribution in [0.5, 0.6) is 0 Å². The first-order valence-corrected chi connectivity index (χ1v) is 10.2. The molecule has 1 atom stereocenters. The summed E-state index contributed by atoms with van der Waals surface area (Å²) in [6.07, 6.45) is 0.913. The highest BCUT2D eigenvalue weighted by Gasteiger charge is 2.27. The van der Waals surface area contributed by atoms with E-state index < -0.39 is 0 Å². The average molecular weight is 402 g/mol. The van der Waals surface area contributed by atoms with Gasteiger partial charge in [0.1, 0.15) is 11.6 Å². The van der Waals surface area contributed by atoms with Crippen molar-refractivity contribution < 1.29 is 13.6 Å². The van der Waals surface area contributed by atoms with E-state index in [1.165, 1.54) is 24.3 Å². The lowest BCUT2D eigenvalue weighted by molar-refractivity contribution is -0.123. The number of amides is 1. The summed E-state index contributed by atoms with van der Waals surface area (Å²) < 4.78 is 26.9. The van der Waals surface area contributed by atoms with Crippen molar-refractivity contribution in [1.82, 2.24) is 15.1 Å². The van der Waals surface area contributed by atoms with Gasteiger partial charge in [0, 0.05) is 32.2 Å². The maximum Gasteiger partial charge on any atom is 0.234 e. The number of halogens is 2. The van der Waals surface area contributed by atoms with Crippen LogP contribution in [0, 0.1) is 11.6 Å². The summed E-state index contributed by atoms with van der Waals surface area (Å²) >= 11 is 0. The van der Waals surface area contributed by atoms with Crippen LogP contribution in [0.4, 0.5) is 8.78 Å². The van der Waals surface area contributed by atoms with E-state index in [2.05, 4.69) is 22.0 Å². The Hall–Kier alpha value is -2.31. The second-order valence-electron chi connectivity index (χ2n) is 7.69. The van der Waals surface area contributed by atoms with Crippen molar-refractivity contribution in [3.05, 3.63) is 71.3 Å². The van der Waals surface area contributed by atoms with E-state index in [1.54, 1.807) is 24.3 Å². The minimum atomic E-state index is -0.274. The van der Waals surface area contributed by atoms with Crippen molar-refractivity contribution in [2.24, 2.45) is 0 Å². The van der Waals surface area contributed by atoms with Gasteiger partial charge in [-0.2, -0.15) is 0 Å². The zero-order chi connectivity index (χ0) is 20.8. The number of nitrogens with zero attached hydrogens (tertiary/aromatic N) is 2. The van der Waals surface area contributed by atoms with E-state index in [-0.39, 0.29) is 29.6 Å². The van der Waals surface area contributed by atoms with Gasteiger partial charge in [0.25, 0.3) is 0 Å². The maximum atomic E-state index is 13.4. The molecule has 6 heteroatoms. The Morgan fingerprint density at radius 3 is 1.86 bits per heavy atom. The number of carbonyl (C=O) groups is 1. The number of carbonyl (C=O) groups excluding carboxylic acids is 1. The number of piperazine rings is 1. The molecule has 0 bridgehead atoms. The third-order valence-electron chi connectivity index (χ3n) is 5.53. The molecule has 1 fully saturated rings. The summed E-state index contributed by atoms with van der Waals surface area (Å²) in [7, 11) is 0. The zero-order valence-electron chi connectivity index (χ0n) is 17.1. The Bertz CT molecular complexity index is 741. The molecule has 1 aliphatic heterocycles. The van der Waals surface area contributed by atoms with Crippen LogP contribution in [-0.4, -0.2) is 54.5 Å². The van der Waals surface area contributed by atoms with Crippen LogP contribution in [0.15, 0.2) is 48.5 Å². The fourth-order valence-electron chi connectivity index (χ4n) is 3.71. The molecule has 29 heavy (non-hydrogen) atoms. The van der Waals surface area contributed by atoms with Gasteiger partial charge >= 0.3 is 0 Å². The summed E-state index contributed by atoms with van der Waals surface area (Å²) in [4.78, 5) is 16.6. The molecule has 2 aromatic rings. The number of nitrogens with one attached hydrogen (secondary N) is 1. The quantitative estimate of drug-likeness (QED) is 0.770. The molecule has 1 aliphatic rings. The molecule has 1 saturated heterocycles. The van der Waals surface area contributed by atoms with Crippen molar-refractivity contribution in [2.75, 3.05) is 32.7 Å². The fraction of sp³-hybridized carbons (Fsp3) is 0.435. The lowest BCUT2D eigenvalue weighted by Crippen LogP contribution is -2.51. The van der Waals surface area contributed by atoms with Gasteiger partial charge in [-0.05, 0) is 48.7 Å². The fourth-order valence-corrected chi connectivity index (χ4v) is 3.71. The smallest absolute Gasteiger partial charge is 0.234 e. The van der Waals surface area contributed by atoms with Gasteiger partial charge in [-0.3, -0.25) is 14.6 Å². The molecule has 0 aliphatic carbocycles. The van der Waals surface area contributed by atoms with Gasteiger partial charge < -0.3 is 5.32 Å². The highest BCUT2D eigenvalue weighted by Crippen LogP contribution is 2.30. The van der Waals surface area contributed by atoms with Crippen LogP contribution in [-0.2, 0) is 4.79 Å². The summed E-state index contributed by atoms with van der Waals surface area (Å²) in [6.45, 7) is 7.54. The summed E-state index contributed by atoms with van der Waals surface area (Å²) in [6, 6.07) is 13.1. The van der Waals surface area contributed by atoms with Crippen LogP contribution < -0.4 is 5.32 Å². The summed E-state index contributed by atoms with van der Waals surface area (Å²) in [5.41, 5.74) is 1.95. The lowest BCUT2D eigenvalue weighted by Gasteiger charge is -2.39. The molecule has 0 unspecified atom stereocenters.